The summed E-state index contributed by atoms with van der Waals surface area (Å²) in [6.07, 6.45) is 2.54. The van der Waals surface area contributed by atoms with Crippen molar-refractivity contribution >= 4 is 32.1 Å². The summed E-state index contributed by atoms with van der Waals surface area (Å²) in [5, 5.41) is 0. The number of esters is 1. The van der Waals surface area contributed by atoms with Gasteiger partial charge in [0.2, 0.25) is 20.0 Å². The van der Waals surface area contributed by atoms with E-state index in [0.717, 1.165) is 6.08 Å². The van der Waals surface area contributed by atoms with Crippen LogP contribution >= 0.6 is 0 Å². The summed E-state index contributed by atoms with van der Waals surface area (Å²) in [4.78, 5) is 11.2. The van der Waals surface area contributed by atoms with Crippen molar-refractivity contribution in [2.75, 3.05) is 28.4 Å². The molecule has 0 atom stereocenters. The fraction of sp³-hybridized carbons (Fsp3) is 0.286. The molecule has 0 aliphatic carbocycles. The Morgan fingerprint density at radius 2 is 1.70 bits per heavy atom. The van der Waals surface area contributed by atoms with Gasteiger partial charge in [-0.05, 0) is 41.9 Å². The molecule has 12 heteroatoms. The van der Waals surface area contributed by atoms with Gasteiger partial charge in [-0.15, -0.1) is 0 Å². The molecule has 0 saturated carbocycles. The molecule has 2 aromatic carbocycles. The van der Waals surface area contributed by atoms with E-state index in [4.69, 9.17) is 9.47 Å². The van der Waals surface area contributed by atoms with E-state index >= 15 is 0 Å². The Labute approximate surface area is 193 Å². The van der Waals surface area contributed by atoms with Gasteiger partial charge in [0, 0.05) is 12.6 Å². The first-order chi connectivity index (χ1) is 15.5. The smallest absolute Gasteiger partial charge is 0.330 e. The maximum atomic E-state index is 13.1. The van der Waals surface area contributed by atoms with Gasteiger partial charge in [-0.1, -0.05) is 24.3 Å². The molecule has 0 amide bonds. The van der Waals surface area contributed by atoms with Crippen LogP contribution in [0.5, 0.6) is 11.5 Å². The number of methoxy groups -OCH3 is 3. The highest BCUT2D eigenvalue weighted by Crippen LogP contribution is 2.36. The molecular formula is C21H26N2O8S2. The van der Waals surface area contributed by atoms with Gasteiger partial charge in [-0.2, -0.15) is 0 Å². The number of hydrogen-bond donors (Lipinski definition) is 2. The predicted molar refractivity (Wildman–Crippen MR) is 123 cm³/mol. The van der Waals surface area contributed by atoms with E-state index in [1.54, 1.807) is 24.3 Å². The van der Waals surface area contributed by atoms with Gasteiger partial charge in [0.1, 0.15) is 4.90 Å². The Morgan fingerprint density at radius 3 is 2.30 bits per heavy atom. The highest BCUT2D eigenvalue weighted by atomic mass is 32.2. The van der Waals surface area contributed by atoms with E-state index in [2.05, 4.69) is 14.2 Å². The van der Waals surface area contributed by atoms with E-state index in [9.17, 15) is 21.6 Å². The molecule has 0 spiro atoms. The minimum absolute atomic E-state index is 0.00548. The highest BCUT2D eigenvalue weighted by Gasteiger charge is 2.24. The first-order valence-corrected chi connectivity index (χ1v) is 12.7. The van der Waals surface area contributed by atoms with Gasteiger partial charge >= 0.3 is 5.97 Å². The first-order valence-electron chi connectivity index (χ1n) is 9.56. The SMILES string of the molecule is CNS(=O)(=O)Cc1cccc(CNS(=O)(=O)c2cc(/C=C/C(=O)OC)cc(OC)c2OC)c1. The molecule has 10 nitrogen and oxygen atoms in total. The lowest BCUT2D eigenvalue weighted by Crippen LogP contribution is -2.24. The van der Waals surface area contributed by atoms with Crippen LogP contribution in [0.15, 0.2) is 47.4 Å². The summed E-state index contributed by atoms with van der Waals surface area (Å²) in [6, 6.07) is 9.40. The lowest BCUT2D eigenvalue weighted by atomic mass is 10.1. The second kappa shape index (κ2) is 11.3. The van der Waals surface area contributed by atoms with Crippen molar-refractivity contribution in [1.82, 2.24) is 9.44 Å². The zero-order valence-electron chi connectivity index (χ0n) is 18.6. The van der Waals surface area contributed by atoms with Crippen molar-refractivity contribution in [3.8, 4) is 11.5 Å². The van der Waals surface area contributed by atoms with Gasteiger partial charge < -0.3 is 14.2 Å². The zero-order valence-corrected chi connectivity index (χ0v) is 20.2. The monoisotopic (exact) mass is 498 g/mol. The van der Waals surface area contributed by atoms with Crippen LogP contribution in [0.1, 0.15) is 16.7 Å². The van der Waals surface area contributed by atoms with E-state index < -0.39 is 26.0 Å². The summed E-state index contributed by atoms with van der Waals surface area (Å²) >= 11 is 0. The molecule has 0 saturated heterocycles. The second-order valence-corrected chi connectivity index (χ2v) is 10.4. The van der Waals surface area contributed by atoms with Crippen molar-refractivity contribution in [1.29, 1.82) is 0 Å². The Kier molecular flexibility index (Phi) is 8.99. The quantitative estimate of drug-likeness (QED) is 0.351. The maximum Gasteiger partial charge on any atom is 0.330 e. The lowest BCUT2D eigenvalue weighted by Gasteiger charge is -2.15. The number of ether oxygens (including phenoxy) is 3. The second-order valence-electron chi connectivity index (χ2n) is 6.72. The molecule has 0 bridgehead atoms. The minimum atomic E-state index is -4.09. The summed E-state index contributed by atoms with van der Waals surface area (Å²) in [5.41, 5.74) is 1.45. The number of carbonyl (C=O) groups excluding carboxylic acids is 1. The molecule has 0 fully saturated rings. The normalized spacial score (nSPS) is 12.0. The number of carbonyl (C=O) groups is 1. The summed E-state index contributed by atoms with van der Waals surface area (Å²) in [6.45, 7) is -0.0938. The van der Waals surface area contributed by atoms with Gasteiger partial charge in [-0.25, -0.2) is 31.1 Å². The average molecular weight is 499 g/mol. The molecule has 0 unspecified atom stereocenters. The van der Waals surface area contributed by atoms with Crippen molar-refractivity contribution in [2.45, 2.75) is 17.2 Å². The van der Waals surface area contributed by atoms with Crippen molar-refractivity contribution in [3.05, 3.63) is 59.2 Å². The van der Waals surface area contributed by atoms with Crippen LogP contribution in [0.25, 0.3) is 6.08 Å². The largest absolute Gasteiger partial charge is 0.493 e. The molecule has 33 heavy (non-hydrogen) atoms. The van der Waals surface area contributed by atoms with Crippen LogP contribution in [0.3, 0.4) is 0 Å². The lowest BCUT2D eigenvalue weighted by molar-refractivity contribution is -0.134. The molecule has 0 radical (unpaired) electrons. The van der Waals surface area contributed by atoms with E-state index in [1.165, 1.54) is 46.6 Å². The molecular weight excluding hydrogens is 472 g/mol. The van der Waals surface area contributed by atoms with Gasteiger partial charge in [0.25, 0.3) is 0 Å². The fourth-order valence-electron chi connectivity index (χ4n) is 2.85. The number of nitrogens with one attached hydrogen (secondary N) is 2. The van der Waals surface area contributed by atoms with Gasteiger partial charge in [-0.3, -0.25) is 0 Å². The fourth-order valence-corrected chi connectivity index (χ4v) is 4.85. The standard InChI is InChI=1S/C21H26N2O8S2/c1-22-32(25,26)14-17-7-5-6-16(10-17)13-23-33(27,28)19-12-15(8-9-20(24)30-3)11-18(29-2)21(19)31-4/h5-12,22-23H,13-14H2,1-4H3/b9-8+. The molecule has 0 heterocycles. The average Bonchev–Trinajstić information content (AvgIpc) is 2.80. The Morgan fingerprint density at radius 1 is 1.00 bits per heavy atom. The number of sulfonamides is 2. The summed E-state index contributed by atoms with van der Waals surface area (Å²) < 4.78 is 69.5. The van der Waals surface area contributed by atoms with Crippen molar-refractivity contribution < 1.29 is 35.8 Å². The maximum absolute atomic E-state index is 13.1. The highest BCUT2D eigenvalue weighted by molar-refractivity contribution is 7.89. The third-order valence-electron chi connectivity index (χ3n) is 4.50. The molecule has 2 aromatic rings. The van der Waals surface area contributed by atoms with Crippen LogP contribution in [-0.4, -0.2) is 51.2 Å². The van der Waals surface area contributed by atoms with Crippen LogP contribution in [-0.2, 0) is 41.9 Å². The summed E-state index contributed by atoms with van der Waals surface area (Å²) in [7, 11) is -2.34. The number of hydrogen-bond acceptors (Lipinski definition) is 8. The minimum Gasteiger partial charge on any atom is -0.493 e. The van der Waals surface area contributed by atoms with Crippen LogP contribution in [0.2, 0.25) is 0 Å². The van der Waals surface area contributed by atoms with Crippen molar-refractivity contribution in [2.24, 2.45) is 0 Å². The van der Waals surface area contributed by atoms with E-state index in [-0.39, 0.29) is 28.7 Å². The molecule has 0 aliphatic rings. The molecule has 0 aromatic heterocycles. The Bertz CT molecular complexity index is 1240. The van der Waals surface area contributed by atoms with Crippen LogP contribution in [0, 0.1) is 0 Å². The van der Waals surface area contributed by atoms with Crippen LogP contribution < -0.4 is 18.9 Å². The Balaban J connectivity index is 2.36. The first kappa shape index (κ1) is 26.3. The molecule has 0 aliphatic heterocycles. The van der Waals surface area contributed by atoms with Gasteiger partial charge in [0.15, 0.2) is 11.5 Å². The van der Waals surface area contributed by atoms with E-state index in [0.29, 0.717) is 16.7 Å². The third-order valence-corrected chi connectivity index (χ3v) is 7.24. The Hall–Kier alpha value is -2.93. The van der Waals surface area contributed by atoms with E-state index in [1.807, 2.05) is 0 Å². The van der Waals surface area contributed by atoms with Gasteiger partial charge in [0.05, 0.1) is 27.1 Å². The third kappa shape index (κ3) is 7.29. The molecule has 2 N–H and O–H groups in total. The zero-order chi connectivity index (χ0) is 24.6. The predicted octanol–water partition coefficient (Wildman–Crippen LogP) is 1.42. The number of benzene rings is 2. The topological polar surface area (TPSA) is 137 Å². The van der Waals surface area contributed by atoms with Crippen LogP contribution in [0.4, 0.5) is 0 Å². The summed E-state index contributed by atoms with van der Waals surface area (Å²) in [5.74, 6) is -0.685. The number of rotatable bonds is 11. The molecule has 2 rings (SSSR count). The van der Waals surface area contributed by atoms with Crippen molar-refractivity contribution in [3.63, 3.8) is 0 Å². The molecule has 180 valence electrons.